The molecule has 1 aliphatic heterocycles. The Hall–Kier alpha value is -3.72. The van der Waals surface area contributed by atoms with Gasteiger partial charge >= 0.3 is 0 Å². The van der Waals surface area contributed by atoms with Gasteiger partial charge in [0.05, 0.1) is 35.6 Å². The standard InChI is InChI=1S/C28H25ClN4O3S/c29-23-12-6-4-10-21(23)19-36-24-13-7-5-11-22(24)27(34)32-30-18-25-26(20-8-2-1-3-9-20)31-28(37-25)33-14-16-35-17-15-33/h1-13,18H,14-17,19H2,(H,32,34)/b30-18+. The summed E-state index contributed by atoms with van der Waals surface area (Å²) in [6.45, 7) is 3.19. The fourth-order valence-electron chi connectivity index (χ4n) is 3.86. The Labute approximate surface area is 224 Å². The van der Waals surface area contributed by atoms with E-state index in [4.69, 9.17) is 26.1 Å². The maximum Gasteiger partial charge on any atom is 0.275 e. The van der Waals surface area contributed by atoms with Crippen molar-refractivity contribution in [2.24, 2.45) is 5.10 Å². The molecule has 0 atom stereocenters. The highest BCUT2D eigenvalue weighted by atomic mass is 35.5. The van der Waals surface area contributed by atoms with Crippen molar-refractivity contribution in [2.45, 2.75) is 6.61 Å². The van der Waals surface area contributed by atoms with Crippen molar-refractivity contribution in [1.29, 1.82) is 0 Å². The van der Waals surface area contributed by atoms with Gasteiger partial charge in [-0.3, -0.25) is 4.79 Å². The minimum Gasteiger partial charge on any atom is -0.488 e. The molecule has 1 amide bonds. The fourth-order valence-corrected chi connectivity index (χ4v) is 5.06. The van der Waals surface area contributed by atoms with Crippen molar-refractivity contribution in [3.8, 4) is 17.0 Å². The number of carbonyl (C=O) groups excluding carboxylic acids is 1. The molecule has 0 saturated carbocycles. The summed E-state index contributed by atoms with van der Waals surface area (Å²) in [5.74, 6) is 0.0812. The third-order valence-corrected chi connectivity index (χ3v) is 7.21. The molecule has 3 aromatic carbocycles. The van der Waals surface area contributed by atoms with Gasteiger partial charge in [-0.05, 0) is 18.2 Å². The molecule has 1 saturated heterocycles. The van der Waals surface area contributed by atoms with Crippen LogP contribution in [0.25, 0.3) is 11.3 Å². The minimum atomic E-state index is -0.370. The van der Waals surface area contributed by atoms with Crippen molar-refractivity contribution in [2.75, 3.05) is 31.2 Å². The summed E-state index contributed by atoms with van der Waals surface area (Å²) < 4.78 is 11.4. The molecule has 0 bridgehead atoms. The molecule has 0 radical (unpaired) electrons. The van der Waals surface area contributed by atoms with Gasteiger partial charge < -0.3 is 14.4 Å². The normalized spacial score (nSPS) is 13.6. The van der Waals surface area contributed by atoms with Crippen LogP contribution >= 0.6 is 22.9 Å². The van der Waals surface area contributed by atoms with Crippen LogP contribution in [-0.2, 0) is 11.3 Å². The van der Waals surface area contributed by atoms with Crippen molar-refractivity contribution < 1.29 is 14.3 Å². The van der Waals surface area contributed by atoms with Gasteiger partial charge in [-0.25, -0.2) is 10.4 Å². The van der Waals surface area contributed by atoms with Gasteiger partial charge in [0.2, 0.25) is 0 Å². The molecule has 1 fully saturated rings. The zero-order valence-electron chi connectivity index (χ0n) is 20.0. The number of ether oxygens (including phenoxy) is 2. The Morgan fingerprint density at radius 1 is 1.05 bits per heavy atom. The lowest BCUT2D eigenvalue weighted by molar-refractivity contribution is 0.0950. The second-order valence-electron chi connectivity index (χ2n) is 8.25. The van der Waals surface area contributed by atoms with Crippen molar-refractivity contribution in [3.63, 3.8) is 0 Å². The van der Waals surface area contributed by atoms with Crippen LogP contribution in [0.15, 0.2) is 84.0 Å². The molecular formula is C28H25ClN4O3S. The molecule has 1 N–H and O–H groups in total. The van der Waals surface area contributed by atoms with Crippen LogP contribution < -0.4 is 15.1 Å². The zero-order chi connectivity index (χ0) is 25.5. The average Bonchev–Trinajstić information content (AvgIpc) is 3.38. The first kappa shape index (κ1) is 25.0. The molecule has 9 heteroatoms. The van der Waals surface area contributed by atoms with E-state index in [1.165, 1.54) is 0 Å². The molecule has 5 rings (SSSR count). The number of carbonyl (C=O) groups is 1. The molecular weight excluding hydrogens is 508 g/mol. The van der Waals surface area contributed by atoms with E-state index in [9.17, 15) is 4.79 Å². The van der Waals surface area contributed by atoms with Gasteiger partial charge in [0, 0.05) is 29.2 Å². The Kier molecular flexibility index (Phi) is 8.10. The number of thiazole rings is 1. The van der Waals surface area contributed by atoms with Crippen LogP contribution in [0.4, 0.5) is 5.13 Å². The number of nitrogens with one attached hydrogen (secondary N) is 1. The predicted octanol–water partition coefficient (Wildman–Crippen LogP) is 5.64. The number of hydrogen-bond donors (Lipinski definition) is 1. The number of nitrogens with zero attached hydrogens (tertiary/aromatic N) is 3. The highest BCUT2D eigenvalue weighted by Gasteiger charge is 2.19. The summed E-state index contributed by atoms with van der Waals surface area (Å²) >= 11 is 7.78. The molecule has 1 aromatic heterocycles. The van der Waals surface area contributed by atoms with E-state index in [2.05, 4.69) is 15.4 Å². The molecule has 7 nitrogen and oxygen atoms in total. The van der Waals surface area contributed by atoms with Crippen molar-refractivity contribution in [1.82, 2.24) is 10.4 Å². The Balaban J connectivity index is 1.32. The maximum atomic E-state index is 13.0. The first-order chi connectivity index (χ1) is 18.2. The number of amides is 1. The molecule has 0 unspecified atom stereocenters. The van der Waals surface area contributed by atoms with E-state index in [0.29, 0.717) is 29.5 Å². The lowest BCUT2D eigenvalue weighted by Gasteiger charge is -2.26. The van der Waals surface area contributed by atoms with Gasteiger partial charge in [-0.15, -0.1) is 0 Å². The van der Waals surface area contributed by atoms with Crippen LogP contribution in [0.5, 0.6) is 5.75 Å². The number of benzene rings is 3. The van der Waals surface area contributed by atoms with E-state index in [1.54, 1.807) is 41.8 Å². The Bertz CT molecular complexity index is 1390. The highest BCUT2D eigenvalue weighted by Crippen LogP contribution is 2.32. The quantitative estimate of drug-likeness (QED) is 0.235. The van der Waals surface area contributed by atoms with Crippen molar-refractivity contribution >= 4 is 40.2 Å². The third-order valence-electron chi connectivity index (χ3n) is 5.79. The van der Waals surface area contributed by atoms with E-state index in [1.807, 2.05) is 54.6 Å². The van der Waals surface area contributed by atoms with Crippen LogP contribution in [0.1, 0.15) is 20.8 Å². The van der Waals surface area contributed by atoms with Gasteiger partial charge in [0.1, 0.15) is 12.4 Å². The van der Waals surface area contributed by atoms with E-state index < -0.39 is 0 Å². The lowest BCUT2D eigenvalue weighted by Crippen LogP contribution is -2.36. The Morgan fingerprint density at radius 2 is 1.78 bits per heavy atom. The van der Waals surface area contributed by atoms with Crippen LogP contribution in [-0.4, -0.2) is 43.4 Å². The summed E-state index contributed by atoms with van der Waals surface area (Å²) in [5, 5.41) is 5.79. The monoisotopic (exact) mass is 532 g/mol. The summed E-state index contributed by atoms with van der Waals surface area (Å²) in [6.07, 6.45) is 1.65. The number of rotatable bonds is 8. The third kappa shape index (κ3) is 6.17. The lowest BCUT2D eigenvalue weighted by atomic mass is 10.1. The number of aromatic nitrogens is 1. The summed E-state index contributed by atoms with van der Waals surface area (Å²) in [7, 11) is 0. The summed E-state index contributed by atoms with van der Waals surface area (Å²) in [5.41, 5.74) is 5.67. The zero-order valence-corrected chi connectivity index (χ0v) is 21.5. The van der Waals surface area contributed by atoms with Crippen molar-refractivity contribution in [3.05, 3.63) is 99.9 Å². The molecule has 188 valence electrons. The molecule has 0 spiro atoms. The SMILES string of the molecule is O=C(N/N=C/c1sc(N2CCOCC2)nc1-c1ccccc1)c1ccccc1OCc1ccccc1Cl. The van der Waals surface area contributed by atoms with Gasteiger partial charge in [0.15, 0.2) is 5.13 Å². The predicted molar refractivity (Wildman–Crippen MR) is 148 cm³/mol. The van der Waals surface area contributed by atoms with E-state index in [0.717, 1.165) is 39.9 Å². The largest absolute Gasteiger partial charge is 0.488 e. The van der Waals surface area contributed by atoms with Gasteiger partial charge in [-0.1, -0.05) is 83.6 Å². The molecule has 2 heterocycles. The Morgan fingerprint density at radius 3 is 2.59 bits per heavy atom. The van der Waals surface area contributed by atoms with Crippen LogP contribution in [0.3, 0.4) is 0 Å². The van der Waals surface area contributed by atoms with Crippen LogP contribution in [0, 0.1) is 0 Å². The van der Waals surface area contributed by atoms with Crippen LogP contribution in [0.2, 0.25) is 5.02 Å². The smallest absolute Gasteiger partial charge is 0.275 e. The average molecular weight is 533 g/mol. The number of hydrazone groups is 1. The number of hydrogen-bond acceptors (Lipinski definition) is 7. The van der Waals surface area contributed by atoms with E-state index >= 15 is 0 Å². The minimum absolute atomic E-state index is 0.249. The molecule has 4 aromatic rings. The summed E-state index contributed by atoms with van der Waals surface area (Å²) in [4.78, 5) is 20.9. The van der Waals surface area contributed by atoms with E-state index in [-0.39, 0.29) is 12.5 Å². The van der Waals surface area contributed by atoms with Gasteiger partial charge in [0.25, 0.3) is 5.91 Å². The number of para-hydroxylation sites is 1. The first-order valence-electron chi connectivity index (χ1n) is 11.9. The molecule has 37 heavy (non-hydrogen) atoms. The number of morpholine rings is 1. The second kappa shape index (κ2) is 12.0. The summed E-state index contributed by atoms with van der Waals surface area (Å²) in [6, 6.07) is 24.5. The maximum absolute atomic E-state index is 13.0. The number of anilines is 1. The van der Waals surface area contributed by atoms with Gasteiger partial charge in [-0.2, -0.15) is 5.10 Å². The second-order valence-corrected chi connectivity index (χ2v) is 9.67. The molecule has 0 aliphatic carbocycles. The number of halogens is 1. The topological polar surface area (TPSA) is 76.1 Å². The molecule has 1 aliphatic rings. The highest BCUT2D eigenvalue weighted by molar-refractivity contribution is 7.17. The fraction of sp³-hybridized carbons (Fsp3) is 0.179. The first-order valence-corrected chi connectivity index (χ1v) is 13.1.